The number of carbonyl (C=O) groups excluding carboxylic acids is 3. The van der Waals surface area contributed by atoms with Crippen LogP contribution in [0.3, 0.4) is 0 Å². The van der Waals surface area contributed by atoms with Crippen molar-refractivity contribution in [1.82, 2.24) is 29.7 Å². The third kappa shape index (κ3) is 16.0. The lowest BCUT2D eigenvalue weighted by Crippen LogP contribution is -2.54. The van der Waals surface area contributed by atoms with E-state index in [4.69, 9.17) is 20.5 Å². The number of nitrogen functional groups attached to an aromatic ring is 1. The summed E-state index contributed by atoms with van der Waals surface area (Å²) in [5.74, 6) is 1.07. The second-order valence-electron chi connectivity index (χ2n) is 13.8. The highest BCUT2D eigenvalue weighted by molar-refractivity contribution is 6.53. The predicted molar refractivity (Wildman–Crippen MR) is 225 cm³/mol. The number of pyridine rings is 4. The van der Waals surface area contributed by atoms with E-state index in [0.29, 0.717) is 80.7 Å². The molecule has 6 rings (SSSR count). The number of aromatic nitrogens is 4. The summed E-state index contributed by atoms with van der Waals surface area (Å²) in [7, 11) is -1.31. The number of halogens is 2. The second kappa shape index (κ2) is 23.4. The minimum atomic E-state index is -1.81. The molecule has 6 heterocycles. The maximum absolute atomic E-state index is 15.5. The molecule has 2 fully saturated rings. The van der Waals surface area contributed by atoms with Crippen molar-refractivity contribution in [3.05, 3.63) is 108 Å². The summed E-state index contributed by atoms with van der Waals surface area (Å²) in [6.45, 7) is 5.81. The number of carbonyl (C=O) groups is 3. The molecular weight excluding hydrogens is 762 g/mol. The second-order valence-corrected chi connectivity index (χ2v) is 13.8. The SMILES string of the molecule is CB(O)Nc1cc(/C=C/C=O)ccn1.CB(O)Nc1cc(C=O)ccn1.Nc1cc(/C=C/CN2CCC(F)(C(=O)N3CCC(Oc4ccc(F)cn4)CC3)CC2)ccn1. The number of allylic oxidation sites excluding steroid dienone is 1. The van der Waals surface area contributed by atoms with E-state index in [-0.39, 0.29) is 18.9 Å². The van der Waals surface area contributed by atoms with E-state index < -0.39 is 31.5 Å². The number of aldehydes is 2. The van der Waals surface area contributed by atoms with Crippen LogP contribution in [0.5, 0.6) is 5.88 Å². The van der Waals surface area contributed by atoms with Gasteiger partial charge in [0.05, 0.1) is 6.20 Å². The molecule has 0 aromatic carbocycles. The Bertz CT molecular complexity index is 2000. The van der Waals surface area contributed by atoms with Crippen LogP contribution < -0.4 is 20.9 Å². The molecule has 4 aromatic rings. The normalized spacial score (nSPS) is 15.3. The van der Waals surface area contributed by atoms with Crippen LogP contribution in [0.15, 0.2) is 85.5 Å². The summed E-state index contributed by atoms with van der Waals surface area (Å²) in [4.78, 5) is 52.8. The van der Waals surface area contributed by atoms with E-state index in [2.05, 4.69) is 35.3 Å². The minimum Gasteiger partial charge on any atom is -0.474 e. The number of nitrogens with two attached hydrogens (primary N) is 1. The first-order valence-corrected chi connectivity index (χ1v) is 19.1. The molecule has 310 valence electrons. The first kappa shape index (κ1) is 45.7. The Hall–Kier alpha value is -6.04. The quantitative estimate of drug-likeness (QED) is 0.0725. The maximum atomic E-state index is 15.5. The van der Waals surface area contributed by atoms with Gasteiger partial charge in [0.1, 0.15) is 41.9 Å². The molecule has 0 unspecified atom stereocenters. The lowest BCUT2D eigenvalue weighted by atomic mass is 9.89. The molecule has 2 saturated heterocycles. The number of amides is 1. The van der Waals surface area contributed by atoms with Gasteiger partial charge in [-0.15, -0.1) is 0 Å². The van der Waals surface area contributed by atoms with E-state index in [1.165, 1.54) is 24.4 Å². The van der Waals surface area contributed by atoms with Crippen LogP contribution >= 0.6 is 0 Å². The third-order valence-electron chi connectivity index (χ3n) is 9.01. The fraction of sp³-hybridized carbons (Fsp3) is 0.325. The van der Waals surface area contributed by atoms with E-state index in [1.54, 1.807) is 67.3 Å². The Morgan fingerprint density at radius 2 is 1.47 bits per heavy atom. The molecule has 1 amide bonds. The number of nitrogens with zero attached hydrogens (tertiary/aromatic N) is 6. The molecular formula is C40H49B2F2N9O6. The van der Waals surface area contributed by atoms with Crippen molar-refractivity contribution in [2.24, 2.45) is 0 Å². The highest BCUT2D eigenvalue weighted by atomic mass is 19.1. The zero-order chi connectivity index (χ0) is 42.6. The summed E-state index contributed by atoms with van der Waals surface area (Å²) in [6, 6.07) is 13.1. The van der Waals surface area contributed by atoms with Crippen molar-refractivity contribution in [1.29, 1.82) is 0 Å². The minimum absolute atomic E-state index is 0.119. The van der Waals surface area contributed by atoms with Gasteiger partial charge >= 0.3 is 14.1 Å². The molecule has 0 spiro atoms. The first-order chi connectivity index (χ1) is 28.3. The molecule has 6 N–H and O–H groups in total. The summed E-state index contributed by atoms with van der Waals surface area (Å²) >= 11 is 0. The van der Waals surface area contributed by atoms with E-state index in [1.807, 2.05) is 18.2 Å². The Kier molecular flexibility index (Phi) is 18.1. The largest absolute Gasteiger partial charge is 0.474 e. The maximum Gasteiger partial charge on any atom is 0.408 e. The molecule has 19 heteroatoms. The van der Waals surface area contributed by atoms with Crippen molar-refractivity contribution < 1.29 is 37.9 Å². The van der Waals surface area contributed by atoms with Gasteiger partial charge in [-0.1, -0.05) is 18.2 Å². The average molecular weight is 812 g/mol. The fourth-order valence-electron chi connectivity index (χ4n) is 6.08. The van der Waals surface area contributed by atoms with Crippen molar-refractivity contribution in [3.63, 3.8) is 0 Å². The van der Waals surface area contributed by atoms with Crippen LogP contribution in [0.1, 0.15) is 47.2 Å². The molecule has 2 aliphatic rings. The van der Waals surface area contributed by atoms with Gasteiger partial charge in [-0.3, -0.25) is 19.3 Å². The van der Waals surface area contributed by atoms with Crippen LogP contribution in [0.25, 0.3) is 12.2 Å². The number of hydrogen-bond acceptors (Lipinski definition) is 14. The smallest absolute Gasteiger partial charge is 0.408 e. The van der Waals surface area contributed by atoms with Gasteiger partial charge in [-0.05, 0) is 73.3 Å². The van der Waals surface area contributed by atoms with Crippen molar-refractivity contribution in [3.8, 4) is 5.88 Å². The predicted octanol–water partition coefficient (Wildman–Crippen LogP) is 4.32. The monoisotopic (exact) mass is 811 g/mol. The number of anilines is 3. The summed E-state index contributed by atoms with van der Waals surface area (Å²) in [5.41, 5.74) is 6.23. The van der Waals surface area contributed by atoms with Crippen LogP contribution in [-0.2, 0) is 9.59 Å². The lowest BCUT2D eigenvalue weighted by molar-refractivity contribution is -0.149. The number of hydrogen-bond donors (Lipinski definition) is 5. The average Bonchev–Trinajstić information content (AvgIpc) is 3.22. The van der Waals surface area contributed by atoms with Gasteiger partial charge in [0.15, 0.2) is 5.67 Å². The number of likely N-dealkylation sites (tertiary alicyclic amines) is 2. The molecule has 0 bridgehead atoms. The molecule has 4 aromatic heterocycles. The zero-order valence-electron chi connectivity index (χ0n) is 33.0. The van der Waals surface area contributed by atoms with Gasteiger partial charge in [0.25, 0.3) is 5.91 Å². The van der Waals surface area contributed by atoms with Crippen LogP contribution in [0, 0.1) is 5.82 Å². The summed E-state index contributed by atoms with van der Waals surface area (Å²) in [6.07, 6.45) is 15.8. The first-order valence-electron chi connectivity index (χ1n) is 19.1. The highest BCUT2D eigenvalue weighted by Crippen LogP contribution is 2.30. The van der Waals surface area contributed by atoms with Gasteiger partial charge in [-0.2, -0.15) is 0 Å². The number of nitrogens with one attached hydrogen (secondary N) is 2. The molecule has 0 atom stereocenters. The van der Waals surface area contributed by atoms with Crippen LogP contribution in [-0.4, -0.2) is 117 Å². The van der Waals surface area contributed by atoms with Crippen molar-refractivity contribution >= 4 is 62.2 Å². The van der Waals surface area contributed by atoms with Crippen LogP contribution in [0.4, 0.5) is 26.2 Å². The van der Waals surface area contributed by atoms with Gasteiger partial charge < -0.3 is 35.9 Å². The molecule has 59 heavy (non-hydrogen) atoms. The van der Waals surface area contributed by atoms with Crippen molar-refractivity contribution in [2.75, 3.05) is 48.9 Å². The number of rotatable bonds is 13. The summed E-state index contributed by atoms with van der Waals surface area (Å²) < 4.78 is 34.2. The van der Waals surface area contributed by atoms with E-state index in [9.17, 15) is 18.8 Å². The Morgan fingerprint density at radius 3 is 2.03 bits per heavy atom. The molecule has 15 nitrogen and oxygen atoms in total. The number of ether oxygens (including phenoxy) is 1. The number of alkyl halides is 1. The highest BCUT2D eigenvalue weighted by Gasteiger charge is 2.44. The Labute approximate surface area is 343 Å². The molecule has 0 radical (unpaired) electrons. The molecule has 2 aliphatic heterocycles. The fourth-order valence-corrected chi connectivity index (χ4v) is 6.08. The number of piperidine rings is 2. The van der Waals surface area contributed by atoms with E-state index >= 15 is 4.39 Å². The topological polar surface area (TPSA) is 209 Å². The Morgan fingerprint density at radius 1 is 0.881 bits per heavy atom. The molecule has 0 saturated carbocycles. The molecule has 0 aliphatic carbocycles. The van der Waals surface area contributed by atoms with E-state index in [0.717, 1.165) is 23.6 Å². The zero-order valence-corrected chi connectivity index (χ0v) is 33.0. The third-order valence-corrected chi connectivity index (χ3v) is 9.01. The Balaban J connectivity index is 0.000000242. The van der Waals surface area contributed by atoms with Gasteiger partial charge in [0, 0.05) is 88.6 Å². The summed E-state index contributed by atoms with van der Waals surface area (Å²) in [5, 5.41) is 23.4. The lowest BCUT2D eigenvalue weighted by Gasteiger charge is -2.40. The van der Waals surface area contributed by atoms with Crippen LogP contribution in [0.2, 0.25) is 13.6 Å². The standard InChI is InChI=1S/C24H29F2N5O2.C9H11BN2O2.C7H9BN2O2/c25-19-3-4-22(29-17-19)33-20-6-12-31(13-7-20)23(32)24(26)8-14-30(15-9-24)11-1-2-18-5-10-28-21(27)16-18;1-10(14)12-9-7-8(3-2-6-13)4-5-11-9;1-8(12)10-7-4-6(5-11)2-3-9-7/h1-5,10,16-17,20H,6-9,11-15H2,(H2,27,28);2-7,14H,1H3,(H,11,12);2-5,12H,1H3,(H,9,10)/b2-1+;3-2+;. The van der Waals surface area contributed by atoms with Gasteiger partial charge in [0.2, 0.25) is 5.88 Å². The van der Waals surface area contributed by atoms with Crippen molar-refractivity contribution in [2.45, 2.75) is 51.1 Å². The van der Waals surface area contributed by atoms with Gasteiger partial charge in [-0.25, -0.2) is 28.7 Å².